The summed E-state index contributed by atoms with van der Waals surface area (Å²) in [6, 6.07) is 22.6. The van der Waals surface area contributed by atoms with Crippen LogP contribution in [0.15, 0.2) is 88.9 Å². The number of aliphatic hydroxyl groups excluding tert-OH is 1. The van der Waals surface area contributed by atoms with Crippen LogP contribution in [0.2, 0.25) is 0 Å². The molecule has 0 aliphatic carbocycles. The van der Waals surface area contributed by atoms with Crippen molar-refractivity contribution in [3.63, 3.8) is 0 Å². The number of hydrogen-bond acceptors (Lipinski definition) is 4. The molecule has 32 heavy (non-hydrogen) atoms. The molecule has 1 aliphatic heterocycles. The van der Waals surface area contributed by atoms with Crippen LogP contribution in [0.25, 0.3) is 5.76 Å². The van der Waals surface area contributed by atoms with Crippen molar-refractivity contribution >= 4 is 39.1 Å². The van der Waals surface area contributed by atoms with Crippen LogP contribution < -0.4 is 9.64 Å². The summed E-state index contributed by atoms with van der Waals surface area (Å²) in [5, 5.41) is 11.2. The van der Waals surface area contributed by atoms with E-state index < -0.39 is 17.7 Å². The summed E-state index contributed by atoms with van der Waals surface area (Å²) in [7, 11) is 0. The van der Waals surface area contributed by atoms with Crippen molar-refractivity contribution in [1.29, 1.82) is 0 Å². The van der Waals surface area contributed by atoms with Crippen molar-refractivity contribution in [2.75, 3.05) is 11.5 Å². The van der Waals surface area contributed by atoms with E-state index in [0.29, 0.717) is 23.6 Å². The van der Waals surface area contributed by atoms with E-state index in [-0.39, 0.29) is 11.3 Å². The summed E-state index contributed by atoms with van der Waals surface area (Å²) in [5.74, 6) is -1.04. The fourth-order valence-electron chi connectivity index (χ4n) is 3.78. The summed E-state index contributed by atoms with van der Waals surface area (Å²) in [4.78, 5) is 27.8. The van der Waals surface area contributed by atoms with Gasteiger partial charge in [-0.05, 0) is 42.3 Å². The number of rotatable bonds is 6. The Bertz CT molecular complexity index is 1190. The highest BCUT2D eigenvalue weighted by molar-refractivity contribution is 9.10. The Labute approximate surface area is 195 Å². The van der Waals surface area contributed by atoms with Gasteiger partial charge in [0.05, 0.1) is 18.2 Å². The Kier molecular flexibility index (Phi) is 6.42. The van der Waals surface area contributed by atoms with Crippen LogP contribution in [0.3, 0.4) is 0 Å². The largest absolute Gasteiger partial charge is 0.507 e. The number of aliphatic hydroxyl groups is 1. The van der Waals surface area contributed by atoms with Gasteiger partial charge in [0, 0.05) is 15.7 Å². The first-order chi connectivity index (χ1) is 15.5. The minimum atomic E-state index is -0.759. The first kappa shape index (κ1) is 21.8. The molecule has 1 atom stereocenters. The van der Waals surface area contributed by atoms with Crippen LogP contribution in [0, 0.1) is 0 Å². The van der Waals surface area contributed by atoms with E-state index in [1.807, 2.05) is 43.3 Å². The second kappa shape index (κ2) is 9.40. The molecule has 1 N–H and O–H groups in total. The van der Waals surface area contributed by atoms with Crippen molar-refractivity contribution in [2.24, 2.45) is 0 Å². The van der Waals surface area contributed by atoms with Crippen LogP contribution in [0.4, 0.5) is 5.69 Å². The summed E-state index contributed by atoms with van der Waals surface area (Å²) < 4.78 is 6.45. The van der Waals surface area contributed by atoms with E-state index in [0.717, 1.165) is 16.5 Å². The molecule has 1 amide bonds. The molecule has 5 nitrogen and oxygen atoms in total. The molecule has 1 fully saturated rings. The molecular weight excluding hydrogens is 470 g/mol. The number of ketones is 1. The van der Waals surface area contributed by atoms with Crippen molar-refractivity contribution in [3.8, 4) is 5.75 Å². The van der Waals surface area contributed by atoms with Crippen LogP contribution in [0.1, 0.15) is 30.5 Å². The van der Waals surface area contributed by atoms with Gasteiger partial charge in [0.1, 0.15) is 11.5 Å². The third-order valence-electron chi connectivity index (χ3n) is 5.23. The number of ether oxygens (including phenoxy) is 1. The number of anilines is 1. The molecule has 1 aliphatic rings. The Morgan fingerprint density at radius 2 is 1.75 bits per heavy atom. The number of benzene rings is 3. The van der Waals surface area contributed by atoms with E-state index in [9.17, 15) is 14.7 Å². The molecule has 0 saturated carbocycles. The topological polar surface area (TPSA) is 66.8 Å². The fourth-order valence-corrected chi connectivity index (χ4v) is 4.17. The quantitative estimate of drug-likeness (QED) is 0.266. The number of Topliss-reactive ketones (excluding diaryl/α,β-unsaturated/α-hetero) is 1. The van der Waals surface area contributed by atoms with Crippen molar-refractivity contribution < 1.29 is 19.4 Å². The molecule has 0 spiro atoms. The summed E-state index contributed by atoms with van der Waals surface area (Å²) in [6.07, 6.45) is 0.849. The lowest BCUT2D eigenvalue weighted by molar-refractivity contribution is -0.132. The van der Waals surface area contributed by atoms with Gasteiger partial charge in [0.2, 0.25) is 0 Å². The molecule has 3 aromatic rings. The maximum absolute atomic E-state index is 13.2. The predicted octanol–water partition coefficient (Wildman–Crippen LogP) is 5.86. The van der Waals surface area contributed by atoms with E-state index in [4.69, 9.17) is 4.74 Å². The lowest BCUT2D eigenvalue weighted by Crippen LogP contribution is -2.29. The van der Waals surface area contributed by atoms with Gasteiger partial charge in [-0.15, -0.1) is 0 Å². The van der Waals surface area contributed by atoms with Gasteiger partial charge >= 0.3 is 0 Å². The smallest absolute Gasteiger partial charge is 0.300 e. The van der Waals surface area contributed by atoms with E-state index in [2.05, 4.69) is 15.9 Å². The molecule has 6 heteroatoms. The maximum Gasteiger partial charge on any atom is 0.300 e. The third-order valence-corrected chi connectivity index (χ3v) is 5.72. The van der Waals surface area contributed by atoms with Crippen molar-refractivity contribution in [3.05, 3.63) is 100 Å². The van der Waals surface area contributed by atoms with Gasteiger partial charge in [-0.1, -0.05) is 71.4 Å². The summed E-state index contributed by atoms with van der Waals surface area (Å²) in [5.41, 5.74) is 1.77. The molecule has 0 radical (unpaired) electrons. The molecule has 162 valence electrons. The molecule has 4 rings (SSSR count). The number of amides is 1. The second-order valence-electron chi connectivity index (χ2n) is 7.44. The zero-order chi connectivity index (χ0) is 22.7. The van der Waals surface area contributed by atoms with Gasteiger partial charge < -0.3 is 9.84 Å². The summed E-state index contributed by atoms with van der Waals surface area (Å²) >= 11 is 3.43. The lowest BCUT2D eigenvalue weighted by Gasteiger charge is -2.25. The van der Waals surface area contributed by atoms with Gasteiger partial charge in [-0.3, -0.25) is 14.5 Å². The average Bonchev–Trinajstić information content (AvgIpc) is 3.08. The number of nitrogens with zero attached hydrogens (tertiary/aromatic N) is 1. The minimum Gasteiger partial charge on any atom is -0.507 e. The highest BCUT2D eigenvalue weighted by Crippen LogP contribution is 2.42. The fraction of sp³-hybridized carbons (Fsp3) is 0.154. The standard InChI is InChI=1S/C26H22BrNO4/c1-2-14-32-21-13-6-10-18(15-21)24(29)22-23(17-8-4-3-5-9-17)28(26(31)25(22)30)20-12-7-11-19(27)16-20/h3-13,15-16,23,29H,2,14H2,1H3/b24-22+. The first-order valence-electron chi connectivity index (χ1n) is 10.4. The van der Waals surface area contributed by atoms with E-state index in [1.54, 1.807) is 42.5 Å². The Balaban J connectivity index is 1.88. The zero-order valence-electron chi connectivity index (χ0n) is 17.5. The molecule has 0 aromatic heterocycles. The normalized spacial score (nSPS) is 17.6. The number of halogens is 1. The SMILES string of the molecule is CCCOc1cccc(/C(O)=C2\C(=O)C(=O)N(c3cccc(Br)c3)C2c2ccccc2)c1. The monoisotopic (exact) mass is 491 g/mol. The number of carbonyl (C=O) groups excluding carboxylic acids is 2. The van der Waals surface area contributed by atoms with Crippen LogP contribution in [-0.4, -0.2) is 23.4 Å². The summed E-state index contributed by atoms with van der Waals surface area (Å²) in [6.45, 7) is 2.55. The third kappa shape index (κ3) is 4.18. The van der Waals surface area contributed by atoms with Gasteiger partial charge in [-0.2, -0.15) is 0 Å². The lowest BCUT2D eigenvalue weighted by atomic mass is 9.95. The maximum atomic E-state index is 13.2. The second-order valence-corrected chi connectivity index (χ2v) is 8.35. The van der Waals surface area contributed by atoms with Crippen LogP contribution in [-0.2, 0) is 9.59 Å². The molecule has 0 bridgehead atoms. The van der Waals surface area contributed by atoms with Gasteiger partial charge in [-0.25, -0.2) is 0 Å². The highest BCUT2D eigenvalue weighted by atomic mass is 79.9. The van der Waals surface area contributed by atoms with Gasteiger partial charge in [0.25, 0.3) is 11.7 Å². The first-order valence-corrected chi connectivity index (χ1v) is 11.1. The highest BCUT2D eigenvalue weighted by Gasteiger charge is 2.46. The van der Waals surface area contributed by atoms with Crippen LogP contribution in [0.5, 0.6) is 5.75 Å². The Morgan fingerprint density at radius 1 is 1.00 bits per heavy atom. The minimum absolute atomic E-state index is 0.0498. The predicted molar refractivity (Wildman–Crippen MR) is 128 cm³/mol. The molecule has 1 unspecified atom stereocenters. The Hall–Kier alpha value is -3.38. The number of hydrogen-bond donors (Lipinski definition) is 1. The molecule has 1 heterocycles. The van der Waals surface area contributed by atoms with Gasteiger partial charge in [0.15, 0.2) is 0 Å². The van der Waals surface area contributed by atoms with Crippen LogP contribution >= 0.6 is 15.9 Å². The van der Waals surface area contributed by atoms with Crippen molar-refractivity contribution in [1.82, 2.24) is 0 Å². The average molecular weight is 492 g/mol. The molecule has 3 aromatic carbocycles. The molecule has 1 saturated heterocycles. The Morgan fingerprint density at radius 3 is 2.47 bits per heavy atom. The van der Waals surface area contributed by atoms with Crippen molar-refractivity contribution in [2.45, 2.75) is 19.4 Å². The zero-order valence-corrected chi connectivity index (χ0v) is 19.1. The van der Waals surface area contributed by atoms with E-state index >= 15 is 0 Å². The van der Waals surface area contributed by atoms with E-state index in [1.165, 1.54) is 4.90 Å². The number of carbonyl (C=O) groups is 2. The molecular formula is C26H22BrNO4.